The van der Waals surface area contributed by atoms with Crippen LogP contribution < -0.4 is 0 Å². The van der Waals surface area contributed by atoms with E-state index in [2.05, 4.69) is 5.16 Å². The van der Waals surface area contributed by atoms with Crippen molar-refractivity contribution in [3.05, 3.63) is 70.5 Å². The molecule has 22 heavy (non-hydrogen) atoms. The minimum Gasteiger partial charge on any atom is -0.350 e. The van der Waals surface area contributed by atoms with E-state index in [4.69, 9.17) is 16.4 Å². The van der Waals surface area contributed by atoms with E-state index >= 15 is 0 Å². The number of carbonyl (C=O) groups is 3. The van der Waals surface area contributed by atoms with Crippen LogP contribution in [0.1, 0.15) is 20.7 Å². The summed E-state index contributed by atoms with van der Waals surface area (Å²) in [6.07, 6.45) is 5.47. The second kappa shape index (κ2) is 5.54. The molecule has 5 nitrogen and oxygen atoms in total. The maximum absolute atomic E-state index is 12.3. The summed E-state index contributed by atoms with van der Waals surface area (Å²) in [5, 5.41) is 3.41. The van der Waals surface area contributed by atoms with Crippen molar-refractivity contribution in [2.45, 2.75) is 0 Å². The predicted molar refractivity (Wildman–Crippen MR) is 79.8 cm³/mol. The SMILES string of the molecule is O=C1C=CC(=NOC2=C(Cl)C(=O)c3ccccc3C2=O)C=C1. The lowest BCUT2D eigenvalue weighted by atomic mass is 9.93. The summed E-state index contributed by atoms with van der Waals surface area (Å²) in [5.74, 6) is -1.49. The fraction of sp³-hybridized carbons (Fsp3) is 0. The summed E-state index contributed by atoms with van der Waals surface area (Å²) >= 11 is 5.92. The van der Waals surface area contributed by atoms with Gasteiger partial charge in [-0.3, -0.25) is 14.4 Å². The number of benzene rings is 1. The Labute approximate surface area is 130 Å². The normalized spacial score (nSPS) is 17.0. The van der Waals surface area contributed by atoms with Crippen LogP contribution in [0.15, 0.2) is 64.5 Å². The zero-order chi connectivity index (χ0) is 15.7. The van der Waals surface area contributed by atoms with Crippen molar-refractivity contribution in [3.8, 4) is 0 Å². The molecule has 3 rings (SSSR count). The summed E-state index contributed by atoms with van der Waals surface area (Å²) in [7, 11) is 0. The monoisotopic (exact) mass is 313 g/mol. The molecule has 0 fully saturated rings. The molecule has 108 valence electrons. The van der Waals surface area contributed by atoms with Crippen LogP contribution in [0.5, 0.6) is 0 Å². The van der Waals surface area contributed by atoms with Gasteiger partial charge >= 0.3 is 0 Å². The van der Waals surface area contributed by atoms with Crippen LogP contribution >= 0.6 is 11.6 Å². The molecule has 0 amide bonds. The predicted octanol–water partition coefficient (Wildman–Crippen LogP) is 2.58. The van der Waals surface area contributed by atoms with Crippen LogP contribution in [0.2, 0.25) is 0 Å². The molecule has 0 spiro atoms. The molecule has 0 aromatic heterocycles. The minimum absolute atomic E-state index is 0.172. The number of carbonyl (C=O) groups excluding carboxylic acids is 3. The Morgan fingerprint density at radius 2 is 1.45 bits per heavy atom. The van der Waals surface area contributed by atoms with Gasteiger partial charge in [-0.25, -0.2) is 0 Å². The molecule has 6 heteroatoms. The third-order valence-corrected chi connectivity index (χ3v) is 3.44. The number of hydrogen-bond acceptors (Lipinski definition) is 5. The number of hydrogen-bond donors (Lipinski definition) is 0. The summed E-state index contributed by atoms with van der Waals surface area (Å²) < 4.78 is 0. The van der Waals surface area contributed by atoms with Crippen molar-refractivity contribution in [2.75, 3.05) is 0 Å². The summed E-state index contributed by atoms with van der Waals surface area (Å²) in [4.78, 5) is 40.5. The van der Waals surface area contributed by atoms with Crippen LogP contribution in [0.4, 0.5) is 0 Å². The number of ketones is 3. The Morgan fingerprint density at radius 3 is 2.09 bits per heavy atom. The number of allylic oxidation sites excluding steroid dienone is 6. The van der Waals surface area contributed by atoms with Crippen molar-refractivity contribution in [3.63, 3.8) is 0 Å². The first-order valence-corrected chi connectivity index (χ1v) is 6.69. The molecule has 1 aromatic rings. The lowest BCUT2D eigenvalue weighted by Gasteiger charge is -2.15. The minimum atomic E-state index is -0.510. The highest BCUT2D eigenvalue weighted by atomic mass is 35.5. The highest BCUT2D eigenvalue weighted by Crippen LogP contribution is 2.29. The van der Waals surface area contributed by atoms with Gasteiger partial charge in [-0.15, -0.1) is 0 Å². The van der Waals surface area contributed by atoms with E-state index in [1.165, 1.54) is 36.4 Å². The average molecular weight is 314 g/mol. The second-order valence-electron chi connectivity index (χ2n) is 4.52. The number of fused-ring (bicyclic) bond motifs is 1. The first-order chi connectivity index (χ1) is 10.6. The Morgan fingerprint density at radius 1 is 0.864 bits per heavy atom. The quantitative estimate of drug-likeness (QED) is 0.621. The van der Waals surface area contributed by atoms with Gasteiger partial charge in [0.05, 0.1) is 0 Å². The van der Waals surface area contributed by atoms with Crippen LogP contribution in [-0.4, -0.2) is 23.1 Å². The van der Waals surface area contributed by atoms with Gasteiger partial charge in [0.1, 0.15) is 10.7 Å². The number of oxime groups is 1. The van der Waals surface area contributed by atoms with E-state index < -0.39 is 11.6 Å². The molecule has 0 heterocycles. The van der Waals surface area contributed by atoms with Crippen LogP contribution in [-0.2, 0) is 9.63 Å². The van der Waals surface area contributed by atoms with E-state index in [1.807, 2.05) is 0 Å². The summed E-state index contributed by atoms with van der Waals surface area (Å²) in [6.45, 7) is 0. The standard InChI is InChI=1S/C16H8ClNO4/c17-13-14(20)11-3-1-2-4-12(11)15(21)16(13)22-18-9-5-7-10(19)8-6-9/h1-8H. The fourth-order valence-electron chi connectivity index (χ4n) is 2.01. The number of Topliss-reactive ketones (excluding diaryl/α,β-unsaturated/α-hetero) is 2. The van der Waals surface area contributed by atoms with E-state index in [9.17, 15) is 14.4 Å². The zero-order valence-corrected chi connectivity index (χ0v) is 11.8. The third kappa shape index (κ3) is 2.42. The molecule has 0 atom stereocenters. The molecule has 2 aliphatic rings. The molecular weight excluding hydrogens is 306 g/mol. The van der Waals surface area contributed by atoms with E-state index in [0.29, 0.717) is 5.71 Å². The Hall–Kier alpha value is -2.79. The third-order valence-electron chi connectivity index (χ3n) is 3.10. The van der Waals surface area contributed by atoms with Gasteiger partial charge in [0.25, 0.3) is 0 Å². The van der Waals surface area contributed by atoms with Crippen LogP contribution in [0.3, 0.4) is 0 Å². The highest BCUT2D eigenvalue weighted by Gasteiger charge is 2.33. The van der Waals surface area contributed by atoms with Gasteiger partial charge in [0.15, 0.2) is 5.78 Å². The molecule has 0 saturated heterocycles. The second-order valence-corrected chi connectivity index (χ2v) is 4.90. The zero-order valence-electron chi connectivity index (χ0n) is 11.1. The molecule has 0 radical (unpaired) electrons. The summed E-state index contributed by atoms with van der Waals surface area (Å²) in [5.41, 5.74) is 0.785. The largest absolute Gasteiger partial charge is 0.350 e. The highest BCUT2D eigenvalue weighted by molar-refractivity contribution is 6.49. The Kier molecular flexibility index (Phi) is 3.56. The van der Waals surface area contributed by atoms with Gasteiger partial charge < -0.3 is 4.84 Å². The number of halogens is 1. The molecule has 0 unspecified atom stereocenters. The average Bonchev–Trinajstić information content (AvgIpc) is 2.54. The molecular formula is C16H8ClNO4. The van der Waals surface area contributed by atoms with Crippen molar-refractivity contribution < 1.29 is 19.2 Å². The van der Waals surface area contributed by atoms with Gasteiger partial charge in [0.2, 0.25) is 17.3 Å². The summed E-state index contributed by atoms with van der Waals surface area (Å²) in [6, 6.07) is 6.34. The van der Waals surface area contributed by atoms with E-state index in [-0.39, 0.29) is 27.7 Å². The Balaban J connectivity index is 1.93. The van der Waals surface area contributed by atoms with Crippen LogP contribution in [0.25, 0.3) is 0 Å². The van der Waals surface area contributed by atoms with Gasteiger partial charge in [-0.1, -0.05) is 41.0 Å². The maximum Gasteiger partial charge on any atom is 0.233 e. The van der Waals surface area contributed by atoms with Crippen molar-refractivity contribution >= 4 is 34.7 Å². The molecule has 0 bridgehead atoms. The lowest BCUT2D eigenvalue weighted by molar-refractivity contribution is -0.110. The molecule has 0 N–H and O–H groups in total. The smallest absolute Gasteiger partial charge is 0.233 e. The van der Waals surface area contributed by atoms with Gasteiger partial charge in [0, 0.05) is 11.1 Å². The van der Waals surface area contributed by atoms with Gasteiger partial charge in [-0.2, -0.15) is 0 Å². The first kappa shape index (κ1) is 14.2. The van der Waals surface area contributed by atoms with E-state index in [0.717, 1.165) is 0 Å². The van der Waals surface area contributed by atoms with Gasteiger partial charge in [-0.05, 0) is 24.3 Å². The topological polar surface area (TPSA) is 72.8 Å². The number of nitrogens with zero attached hydrogens (tertiary/aromatic N) is 1. The molecule has 1 aromatic carbocycles. The Bertz CT molecular complexity index is 812. The molecule has 0 saturated carbocycles. The first-order valence-electron chi connectivity index (χ1n) is 6.31. The van der Waals surface area contributed by atoms with Crippen LogP contribution in [0, 0.1) is 0 Å². The lowest BCUT2D eigenvalue weighted by Crippen LogP contribution is -2.20. The molecule has 2 aliphatic carbocycles. The molecule has 0 aliphatic heterocycles. The van der Waals surface area contributed by atoms with E-state index in [1.54, 1.807) is 12.1 Å². The van der Waals surface area contributed by atoms with Crippen molar-refractivity contribution in [2.24, 2.45) is 5.16 Å². The fourth-order valence-corrected chi connectivity index (χ4v) is 2.23. The van der Waals surface area contributed by atoms with Crippen molar-refractivity contribution in [1.82, 2.24) is 0 Å². The maximum atomic E-state index is 12.3. The number of rotatable bonds is 2. The van der Waals surface area contributed by atoms with Crippen molar-refractivity contribution in [1.29, 1.82) is 0 Å².